The van der Waals surface area contributed by atoms with Crippen molar-refractivity contribution in [1.29, 1.82) is 0 Å². The number of hydrogen-bond acceptors (Lipinski definition) is 2. The van der Waals surface area contributed by atoms with Gasteiger partial charge in [0.05, 0.1) is 5.92 Å². The Labute approximate surface area is 178 Å². The Morgan fingerprint density at radius 2 is 1.30 bits per heavy atom. The molecule has 0 unspecified atom stereocenters. The van der Waals surface area contributed by atoms with Crippen LogP contribution < -0.4 is 5.32 Å². The van der Waals surface area contributed by atoms with Gasteiger partial charge in [-0.2, -0.15) is 0 Å². The van der Waals surface area contributed by atoms with Gasteiger partial charge < -0.3 is 10.2 Å². The van der Waals surface area contributed by atoms with Crippen LogP contribution in [0, 0.1) is 0 Å². The summed E-state index contributed by atoms with van der Waals surface area (Å²) in [5.74, 6) is -0.422. The van der Waals surface area contributed by atoms with Crippen molar-refractivity contribution in [2.24, 2.45) is 0 Å². The van der Waals surface area contributed by atoms with Crippen molar-refractivity contribution in [1.82, 2.24) is 10.2 Å². The van der Waals surface area contributed by atoms with Gasteiger partial charge in [0.2, 0.25) is 5.91 Å². The van der Waals surface area contributed by atoms with Crippen LogP contribution in [-0.4, -0.2) is 29.8 Å². The van der Waals surface area contributed by atoms with E-state index in [4.69, 9.17) is 0 Å². The highest BCUT2D eigenvalue weighted by atomic mass is 16.2. The summed E-state index contributed by atoms with van der Waals surface area (Å²) in [4.78, 5) is 27.2. The molecule has 0 aliphatic heterocycles. The van der Waals surface area contributed by atoms with E-state index in [1.54, 1.807) is 11.9 Å². The second-order valence-corrected chi connectivity index (χ2v) is 7.68. The van der Waals surface area contributed by atoms with Crippen LogP contribution in [0.3, 0.4) is 0 Å². The third-order valence-electron chi connectivity index (χ3n) is 5.29. The van der Waals surface area contributed by atoms with Crippen molar-refractivity contribution in [3.05, 3.63) is 107 Å². The topological polar surface area (TPSA) is 49.4 Å². The molecule has 0 saturated carbocycles. The zero-order valence-corrected chi connectivity index (χ0v) is 17.7. The number of rotatable bonds is 7. The van der Waals surface area contributed by atoms with Gasteiger partial charge in [-0.15, -0.1) is 0 Å². The lowest BCUT2D eigenvalue weighted by Crippen LogP contribution is -2.33. The Bertz CT molecular complexity index is 927. The molecule has 3 aromatic rings. The highest BCUT2D eigenvalue weighted by Crippen LogP contribution is 2.24. The molecule has 0 heterocycles. The summed E-state index contributed by atoms with van der Waals surface area (Å²) >= 11 is 0. The van der Waals surface area contributed by atoms with Crippen LogP contribution in [0.4, 0.5) is 0 Å². The highest BCUT2D eigenvalue weighted by molar-refractivity contribution is 5.94. The molecule has 0 bridgehead atoms. The monoisotopic (exact) mass is 400 g/mol. The molecule has 0 saturated heterocycles. The smallest absolute Gasteiger partial charge is 0.253 e. The van der Waals surface area contributed by atoms with Gasteiger partial charge in [0.25, 0.3) is 5.91 Å². The number of hydrogen-bond donors (Lipinski definition) is 1. The molecule has 0 radical (unpaired) electrons. The molecule has 2 amide bonds. The number of nitrogens with one attached hydrogen (secondary N) is 1. The third kappa shape index (κ3) is 5.15. The molecule has 0 aromatic heterocycles. The molecular weight excluding hydrogens is 372 g/mol. The van der Waals surface area contributed by atoms with E-state index in [2.05, 4.69) is 5.32 Å². The fourth-order valence-electron chi connectivity index (χ4n) is 3.28. The first kappa shape index (κ1) is 21.3. The molecule has 3 rings (SSSR count). The van der Waals surface area contributed by atoms with Gasteiger partial charge in [-0.25, -0.2) is 0 Å². The van der Waals surface area contributed by atoms with Crippen LogP contribution in [0.25, 0.3) is 0 Å². The van der Waals surface area contributed by atoms with E-state index in [1.807, 2.05) is 98.8 Å². The SMILES string of the molecule is CC(C)N(C)C(=O)c1ccc(CNC(=O)C(c2ccccc2)c2ccccc2)cc1. The number of carbonyl (C=O) groups is 2. The van der Waals surface area contributed by atoms with Crippen molar-refractivity contribution in [3.8, 4) is 0 Å². The minimum Gasteiger partial charge on any atom is -0.351 e. The molecule has 3 aromatic carbocycles. The lowest BCUT2D eigenvalue weighted by molar-refractivity contribution is -0.121. The Morgan fingerprint density at radius 1 is 0.800 bits per heavy atom. The maximum atomic E-state index is 13.1. The van der Waals surface area contributed by atoms with E-state index >= 15 is 0 Å². The minimum absolute atomic E-state index is 0.00574. The first-order valence-corrected chi connectivity index (χ1v) is 10.2. The Hall–Kier alpha value is -3.40. The molecule has 0 atom stereocenters. The number of nitrogens with zero attached hydrogens (tertiary/aromatic N) is 1. The van der Waals surface area contributed by atoms with E-state index in [0.29, 0.717) is 12.1 Å². The third-order valence-corrected chi connectivity index (χ3v) is 5.29. The van der Waals surface area contributed by atoms with Crippen molar-refractivity contribution in [2.75, 3.05) is 7.05 Å². The first-order chi connectivity index (χ1) is 14.5. The van der Waals surface area contributed by atoms with Gasteiger partial charge in [0.15, 0.2) is 0 Å². The Balaban J connectivity index is 1.71. The molecule has 0 fully saturated rings. The summed E-state index contributed by atoms with van der Waals surface area (Å²) < 4.78 is 0. The predicted molar refractivity (Wildman–Crippen MR) is 120 cm³/mol. The van der Waals surface area contributed by atoms with Crippen LogP contribution in [-0.2, 0) is 11.3 Å². The fourth-order valence-corrected chi connectivity index (χ4v) is 3.28. The fraction of sp³-hybridized carbons (Fsp3) is 0.231. The quantitative estimate of drug-likeness (QED) is 0.629. The molecule has 0 aliphatic carbocycles. The first-order valence-electron chi connectivity index (χ1n) is 10.2. The summed E-state index contributed by atoms with van der Waals surface area (Å²) in [7, 11) is 1.80. The summed E-state index contributed by atoms with van der Waals surface area (Å²) in [6.07, 6.45) is 0. The van der Waals surface area contributed by atoms with Gasteiger partial charge >= 0.3 is 0 Å². The average molecular weight is 401 g/mol. The standard InChI is InChI=1S/C26H28N2O2/c1-19(2)28(3)26(30)23-16-14-20(15-17-23)18-27-25(29)24(21-10-6-4-7-11-21)22-12-8-5-9-13-22/h4-17,19,24H,18H2,1-3H3,(H,27,29). The summed E-state index contributed by atoms with van der Waals surface area (Å²) in [6.45, 7) is 4.37. The second-order valence-electron chi connectivity index (χ2n) is 7.68. The molecular formula is C26H28N2O2. The number of amides is 2. The second kappa shape index (κ2) is 9.88. The normalized spacial score (nSPS) is 10.8. The lowest BCUT2D eigenvalue weighted by Gasteiger charge is -2.21. The number of carbonyl (C=O) groups excluding carboxylic acids is 2. The average Bonchev–Trinajstić information content (AvgIpc) is 2.78. The predicted octanol–water partition coefficient (Wildman–Crippen LogP) is 4.62. The van der Waals surface area contributed by atoms with Crippen molar-refractivity contribution >= 4 is 11.8 Å². The molecule has 0 spiro atoms. The summed E-state index contributed by atoms with van der Waals surface area (Å²) in [5.41, 5.74) is 3.51. The van der Waals surface area contributed by atoms with Gasteiger partial charge in [-0.05, 0) is 42.7 Å². The largest absolute Gasteiger partial charge is 0.351 e. The van der Waals surface area contributed by atoms with E-state index < -0.39 is 0 Å². The molecule has 154 valence electrons. The maximum Gasteiger partial charge on any atom is 0.253 e. The van der Waals surface area contributed by atoms with Gasteiger partial charge in [-0.3, -0.25) is 9.59 Å². The van der Waals surface area contributed by atoms with Gasteiger partial charge in [0.1, 0.15) is 0 Å². The van der Waals surface area contributed by atoms with E-state index in [1.165, 1.54) is 0 Å². The molecule has 30 heavy (non-hydrogen) atoms. The molecule has 0 aliphatic rings. The van der Waals surface area contributed by atoms with Gasteiger partial charge in [-0.1, -0.05) is 72.8 Å². The van der Waals surface area contributed by atoms with Crippen LogP contribution in [0.15, 0.2) is 84.9 Å². The van der Waals surface area contributed by atoms with Crippen molar-refractivity contribution < 1.29 is 9.59 Å². The van der Waals surface area contributed by atoms with Crippen molar-refractivity contribution in [3.63, 3.8) is 0 Å². The zero-order chi connectivity index (χ0) is 21.5. The van der Waals surface area contributed by atoms with Crippen LogP contribution in [0.5, 0.6) is 0 Å². The van der Waals surface area contributed by atoms with Crippen LogP contribution in [0.1, 0.15) is 46.8 Å². The van der Waals surface area contributed by atoms with Gasteiger partial charge in [0, 0.05) is 25.2 Å². The zero-order valence-electron chi connectivity index (χ0n) is 17.7. The van der Waals surface area contributed by atoms with Crippen LogP contribution >= 0.6 is 0 Å². The lowest BCUT2D eigenvalue weighted by atomic mass is 9.90. The summed E-state index contributed by atoms with van der Waals surface area (Å²) in [5, 5.41) is 3.05. The minimum atomic E-state index is -0.368. The van der Waals surface area contributed by atoms with Crippen LogP contribution in [0.2, 0.25) is 0 Å². The molecule has 4 nitrogen and oxygen atoms in total. The summed E-state index contributed by atoms with van der Waals surface area (Å²) in [6, 6.07) is 27.1. The molecule has 1 N–H and O–H groups in total. The van der Waals surface area contributed by atoms with E-state index in [0.717, 1.165) is 16.7 Å². The van der Waals surface area contributed by atoms with Crippen molar-refractivity contribution in [2.45, 2.75) is 32.4 Å². The Morgan fingerprint density at radius 3 is 1.77 bits per heavy atom. The number of benzene rings is 3. The van der Waals surface area contributed by atoms with E-state index in [-0.39, 0.29) is 23.8 Å². The molecule has 4 heteroatoms. The van der Waals surface area contributed by atoms with E-state index in [9.17, 15) is 9.59 Å². The Kier molecular flexibility index (Phi) is 7.02. The maximum absolute atomic E-state index is 13.1. The highest BCUT2D eigenvalue weighted by Gasteiger charge is 2.22.